The van der Waals surface area contributed by atoms with Gasteiger partial charge >= 0.3 is 0 Å². The maximum Gasteiger partial charge on any atom is 0.260 e. The normalized spacial score (nSPS) is 10.8. The summed E-state index contributed by atoms with van der Waals surface area (Å²) in [5, 5.41) is 5.38. The molecule has 2 aromatic heterocycles. The van der Waals surface area contributed by atoms with E-state index < -0.39 is 0 Å². The Hall–Kier alpha value is -0.980. The minimum absolute atomic E-state index is 0.168. The lowest BCUT2D eigenvalue weighted by Crippen LogP contribution is -2.13. The summed E-state index contributed by atoms with van der Waals surface area (Å²) in [7, 11) is 0. The van der Waals surface area contributed by atoms with Crippen LogP contribution in [0, 0.1) is 0 Å². The number of nitrogens with one attached hydrogen (secondary N) is 1. The van der Waals surface area contributed by atoms with Crippen LogP contribution in [0.15, 0.2) is 22.1 Å². The average molecular weight is 361 g/mol. The first-order valence-electron chi connectivity index (χ1n) is 5.55. The standard InChI is InChI=1S/C12H11BrClN3OS/c1-6(2)9-5-19-12(16-9)17-11(18)8-3-7(13)4-15-10(8)14/h3-6H,1-2H3,(H,16,17,18). The molecule has 2 heterocycles. The highest BCUT2D eigenvalue weighted by atomic mass is 79.9. The molecule has 0 atom stereocenters. The van der Waals surface area contributed by atoms with E-state index in [0.29, 0.717) is 21.1 Å². The van der Waals surface area contributed by atoms with Crippen molar-refractivity contribution in [2.45, 2.75) is 19.8 Å². The Morgan fingerprint density at radius 1 is 1.53 bits per heavy atom. The molecule has 19 heavy (non-hydrogen) atoms. The Morgan fingerprint density at radius 2 is 2.26 bits per heavy atom. The third kappa shape index (κ3) is 3.52. The van der Waals surface area contributed by atoms with Gasteiger partial charge in [-0.25, -0.2) is 9.97 Å². The molecule has 0 radical (unpaired) electrons. The van der Waals surface area contributed by atoms with Gasteiger partial charge in [0.15, 0.2) is 5.13 Å². The van der Waals surface area contributed by atoms with Crippen molar-refractivity contribution in [2.24, 2.45) is 0 Å². The number of hydrogen-bond acceptors (Lipinski definition) is 4. The van der Waals surface area contributed by atoms with E-state index >= 15 is 0 Å². The maximum absolute atomic E-state index is 12.1. The molecule has 0 fully saturated rings. The van der Waals surface area contributed by atoms with Crippen molar-refractivity contribution in [3.8, 4) is 0 Å². The van der Waals surface area contributed by atoms with Gasteiger partial charge in [-0.05, 0) is 27.9 Å². The molecule has 0 aliphatic carbocycles. The second-order valence-corrected chi connectivity index (χ2v) is 6.31. The van der Waals surface area contributed by atoms with Crippen LogP contribution < -0.4 is 5.32 Å². The lowest BCUT2D eigenvalue weighted by molar-refractivity contribution is 0.102. The Morgan fingerprint density at radius 3 is 2.89 bits per heavy atom. The average Bonchev–Trinajstić information content (AvgIpc) is 2.80. The lowest BCUT2D eigenvalue weighted by atomic mass is 10.2. The Labute approximate surface area is 128 Å². The number of anilines is 1. The topological polar surface area (TPSA) is 54.9 Å². The van der Waals surface area contributed by atoms with E-state index in [1.54, 1.807) is 12.3 Å². The fourth-order valence-corrected chi connectivity index (χ4v) is 2.74. The maximum atomic E-state index is 12.1. The van der Waals surface area contributed by atoms with E-state index in [0.717, 1.165) is 5.69 Å². The van der Waals surface area contributed by atoms with E-state index in [1.165, 1.54) is 11.3 Å². The summed E-state index contributed by atoms with van der Waals surface area (Å²) in [4.78, 5) is 20.3. The number of hydrogen-bond donors (Lipinski definition) is 1. The highest BCUT2D eigenvalue weighted by molar-refractivity contribution is 9.10. The molecule has 0 aliphatic heterocycles. The first kappa shape index (κ1) is 14.4. The van der Waals surface area contributed by atoms with Crippen LogP contribution in [0.25, 0.3) is 0 Å². The molecule has 0 unspecified atom stereocenters. The molecule has 100 valence electrons. The minimum Gasteiger partial charge on any atom is -0.298 e. The van der Waals surface area contributed by atoms with Crippen molar-refractivity contribution in [2.75, 3.05) is 5.32 Å². The second-order valence-electron chi connectivity index (χ2n) is 4.18. The van der Waals surface area contributed by atoms with Crippen LogP contribution in [0.4, 0.5) is 5.13 Å². The van der Waals surface area contributed by atoms with E-state index in [2.05, 4.69) is 45.1 Å². The van der Waals surface area contributed by atoms with Crippen LogP contribution in [0.1, 0.15) is 35.8 Å². The quantitative estimate of drug-likeness (QED) is 0.829. The fourth-order valence-electron chi connectivity index (χ4n) is 1.36. The van der Waals surface area contributed by atoms with Crippen molar-refractivity contribution in [1.82, 2.24) is 9.97 Å². The SMILES string of the molecule is CC(C)c1csc(NC(=O)c2cc(Br)cnc2Cl)n1. The number of thiazole rings is 1. The number of carbonyl (C=O) groups excluding carboxylic acids is 1. The first-order chi connectivity index (χ1) is 8.97. The second kappa shape index (κ2) is 5.98. The van der Waals surface area contributed by atoms with Crippen LogP contribution >= 0.6 is 38.9 Å². The summed E-state index contributed by atoms with van der Waals surface area (Å²) < 4.78 is 0.698. The third-order valence-corrected chi connectivity index (χ3v) is 3.90. The summed E-state index contributed by atoms with van der Waals surface area (Å²) in [6.45, 7) is 4.10. The molecular formula is C12H11BrClN3OS. The molecule has 2 aromatic rings. The molecule has 0 saturated heterocycles. The van der Waals surface area contributed by atoms with Gasteiger partial charge in [-0.3, -0.25) is 10.1 Å². The first-order valence-corrected chi connectivity index (χ1v) is 7.60. The van der Waals surface area contributed by atoms with Gasteiger partial charge in [0.05, 0.1) is 11.3 Å². The number of carbonyl (C=O) groups is 1. The molecular weight excluding hydrogens is 350 g/mol. The Balaban J connectivity index is 2.18. The molecule has 1 N–H and O–H groups in total. The van der Waals surface area contributed by atoms with Gasteiger partial charge in [-0.1, -0.05) is 25.4 Å². The molecule has 0 saturated carbocycles. The highest BCUT2D eigenvalue weighted by Crippen LogP contribution is 2.23. The number of aromatic nitrogens is 2. The zero-order valence-electron chi connectivity index (χ0n) is 10.3. The molecule has 0 bridgehead atoms. The molecule has 1 amide bonds. The van der Waals surface area contributed by atoms with E-state index in [1.807, 2.05) is 5.38 Å². The molecule has 0 aromatic carbocycles. The van der Waals surface area contributed by atoms with E-state index in [-0.39, 0.29) is 11.1 Å². The van der Waals surface area contributed by atoms with Gasteiger partial charge < -0.3 is 0 Å². The summed E-state index contributed by atoms with van der Waals surface area (Å²) in [6, 6.07) is 1.63. The number of halogens is 2. The number of amides is 1. The zero-order valence-corrected chi connectivity index (χ0v) is 13.4. The molecule has 2 rings (SSSR count). The van der Waals surface area contributed by atoms with Crippen LogP contribution in [0.3, 0.4) is 0 Å². The zero-order chi connectivity index (χ0) is 14.0. The molecule has 0 aliphatic rings. The van der Waals surface area contributed by atoms with E-state index in [9.17, 15) is 4.79 Å². The minimum atomic E-state index is -0.316. The summed E-state index contributed by atoms with van der Waals surface area (Å²) in [5.74, 6) is 0.0153. The van der Waals surface area contributed by atoms with Gasteiger partial charge in [0.1, 0.15) is 5.15 Å². The number of pyridine rings is 1. The number of nitrogens with zero attached hydrogens (tertiary/aromatic N) is 2. The monoisotopic (exact) mass is 359 g/mol. The van der Waals surface area contributed by atoms with Crippen molar-refractivity contribution in [3.05, 3.63) is 38.5 Å². The summed E-state index contributed by atoms with van der Waals surface area (Å²) in [6.07, 6.45) is 1.54. The molecule has 7 heteroatoms. The largest absolute Gasteiger partial charge is 0.298 e. The Bertz CT molecular complexity index is 615. The molecule has 0 spiro atoms. The van der Waals surface area contributed by atoms with Gasteiger partial charge in [0.2, 0.25) is 0 Å². The van der Waals surface area contributed by atoms with Gasteiger partial charge in [-0.2, -0.15) is 0 Å². The van der Waals surface area contributed by atoms with Crippen molar-refractivity contribution in [3.63, 3.8) is 0 Å². The van der Waals surface area contributed by atoms with Crippen molar-refractivity contribution < 1.29 is 4.79 Å². The van der Waals surface area contributed by atoms with Crippen LogP contribution in [-0.2, 0) is 0 Å². The van der Waals surface area contributed by atoms with E-state index in [4.69, 9.17) is 11.6 Å². The van der Waals surface area contributed by atoms with Crippen LogP contribution in [-0.4, -0.2) is 15.9 Å². The van der Waals surface area contributed by atoms with Gasteiger partial charge in [0.25, 0.3) is 5.91 Å². The lowest BCUT2D eigenvalue weighted by Gasteiger charge is -2.04. The third-order valence-electron chi connectivity index (χ3n) is 2.38. The fraction of sp³-hybridized carbons (Fsp3) is 0.250. The highest BCUT2D eigenvalue weighted by Gasteiger charge is 2.14. The van der Waals surface area contributed by atoms with Crippen molar-refractivity contribution in [1.29, 1.82) is 0 Å². The predicted molar refractivity (Wildman–Crippen MR) is 81.1 cm³/mol. The Kier molecular flexibility index (Phi) is 4.54. The van der Waals surface area contributed by atoms with Gasteiger partial charge in [0, 0.05) is 16.0 Å². The van der Waals surface area contributed by atoms with Crippen LogP contribution in [0.2, 0.25) is 5.15 Å². The summed E-state index contributed by atoms with van der Waals surface area (Å²) in [5.41, 5.74) is 1.27. The molecule has 4 nitrogen and oxygen atoms in total. The summed E-state index contributed by atoms with van der Waals surface area (Å²) >= 11 is 10.6. The number of rotatable bonds is 3. The van der Waals surface area contributed by atoms with Crippen molar-refractivity contribution >= 4 is 49.9 Å². The predicted octanol–water partition coefficient (Wildman–Crippen LogP) is 4.33. The van der Waals surface area contributed by atoms with Crippen LogP contribution in [0.5, 0.6) is 0 Å². The van der Waals surface area contributed by atoms with Gasteiger partial charge in [-0.15, -0.1) is 11.3 Å². The smallest absolute Gasteiger partial charge is 0.260 e.